The van der Waals surface area contributed by atoms with Gasteiger partial charge in [-0.25, -0.2) is 0 Å². The molecule has 1 heterocycles. The molecule has 1 saturated carbocycles. The number of carbonyl (C=O) groups excluding carboxylic acids is 1. The van der Waals surface area contributed by atoms with Gasteiger partial charge in [0.05, 0.1) is 17.6 Å². The monoisotopic (exact) mass is 283 g/mol. The Morgan fingerprint density at radius 1 is 1.58 bits per heavy atom. The molecule has 1 aliphatic carbocycles. The SMILES string of the molecule is COCc1ccsc1C(=O)NCC1CCCC(O)C1. The van der Waals surface area contributed by atoms with Gasteiger partial charge in [0.15, 0.2) is 0 Å². The first-order chi connectivity index (χ1) is 9.20. The first-order valence-corrected chi connectivity index (χ1v) is 7.60. The Hall–Kier alpha value is -0.910. The van der Waals surface area contributed by atoms with E-state index < -0.39 is 0 Å². The van der Waals surface area contributed by atoms with Crippen molar-refractivity contribution in [3.05, 3.63) is 21.9 Å². The summed E-state index contributed by atoms with van der Waals surface area (Å²) in [7, 11) is 1.63. The molecule has 1 aliphatic rings. The van der Waals surface area contributed by atoms with E-state index in [9.17, 15) is 9.90 Å². The molecule has 0 radical (unpaired) electrons. The van der Waals surface area contributed by atoms with Crippen LogP contribution in [-0.2, 0) is 11.3 Å². The second kappa shape index (κ2) is 7.03. The molecule has 106 valence electrons. The summed E-state index contributed by atoms with van der Waals surface area (Å²) in [5.41, 5.74) is 0.939. The third-order valence-corrected chi connectivity index (χ3v) is 4.51. The zero-order valence-electron chi connectivity index (χ0n) is 11.2. The van der Waals surface area contributed by atoms with Gasteiger partial charge in [0, 0.05) is 19.2 Å². The van der Waals surface area contributed by atoms with Crippen LogP contribution in [0.4, 0.5) is 0 Å². The highest BCUT2D eigenvalue weighted by Gasteiger charge is 2.21. The quantitative estimate of drug-likeness (QED) is 0.870. The van der Waals surface area contributed by atoms with Crippen molar-refractivity contribution in [1.29, 1.82) is 0 Å². The minimum absolute atomic E-state index is 0.0258. The van der Waals surface area contributed by atoms with E-state index in [0.29, 0.717) is 19.1 Å². The first kappa shape index (κ1) is 14.5. The minimum Gasteiger partial charge on any atom is -0.393 e. The first-order valence-electron chi connectivity index (χ1n) is 6.72. The van der Waals surface area contributed by atoms with Crippen LogP contribution in [0.1, 0.15) is 40.9 Å². The summed E-state index contributed by atoms with van der Waals surface area (Å²) in [6, 6.07) is 1.92. The van der Waals surface area contributed by atoms with E-state index in [0.717, 1.165) is 36.1 Å². The van der Waals surface area contributed by atoms with E-state index in [2.05, 4.69) is 5.32 Å². The highest BCUT2D eigenvalue weighted by atomic mass is 32.1. The number of hydrogen-bond acceptors (Lipinski definition) is 4. The smallest absolute Gasteiger partial charge is 0.261 e. The Bertz CT molecular complexity index is 419. The number of aliphatic hydroxyl groups is 1. The summed E-state index contributed by atoms with van der Waals surface area (Å²) < 4.78 is 5.08. The van der Waals surface area contributed by atoms with Crippen LogP contribution in [0.3, 0.4) is 0 Å². The third-order valence-electron chi connectivity index (χ3n) is 3.56. The van der Waals surface area contributed by atoms with Crippen molar-refractivity contribution < 1.29 is 14.6 Å². The predicted molar refractivity (Wildman–Crippen MR) is 75.3 cm³/mol. The largest absolute Gasteiger partial charge is 0.393 e. The fourth-order valence-electron chi connectivity index (χ4n) is 2.57. The second-order valence-electron chi connectivity index (χ2n) is 5.10. The van der Waals surface area contributed by atoms with Crippen LogP contribution in [0.5, 0.6) is 0 Å². The second-order valence-corrected chi connectivity index (χ2v) is 6.02. The van der Waals surface area contributed by atoms with E-state index >= 15 is 0 Å². The van der Waals surface area contributed by atoms with Gasteiger partial charge in [0.1, 0.15) is 0 Å². The average Bonchev–Trinajstić information content (AvgIpc) is 2.85. The predicted octanol–water partition coefficient (Wildman–Crippen LogP) is 2.18. The number of methoxy groups -OCH3 is 1. The normalized spacial score (nSPS) is 23.3. The zero-order valence-corrected chi connectivity index (χ0v) is 12.0. The van der Waals surface area contributed by atoms with Crippen LogP contribution >= 0.6 is 11.3 Å². The third kappa shape index (κ3) is 4.03. The maximum absolute atomic E-state index is 12.1. The molecule has 1 fully saturated rings. The fourth-order valence-corrected chi connectivity index (χ4v) is 3.40. The van der Waals surface area contributed by atoms with E-state index in [1.807, 2.05) is 11.4 Å². The molecule has 2 unspecified atom stereocenters. The van der Waals surface area contributed by atoms with E-state index in [1.165, 1.54) is 11.3 Å². The van der Waals surface area contributed by atoms with Crippen molar-refractivity contribution in [2.75, 3.05) is 13.7 Å². The number of rotatable bonds is 5. The molecule has 2 N–H and O–H groups in total. The van der Waals surface area contributed by atoms with Crippen LogP contribution in [0, 0.1) is 5.92 Å². The average molecular weight is 283 g/mol. The van der Waals surface area contributed by atoms with Gasteiger partial charge in [-0.05, 0) is 36.6 Å². The van der Waals surface area contributed by atoms with Crippen LogP contribution in [-0.4, -0.2) is 30.8 Å². The van der Waals surface area contributed by atoms with E-state index in [4.69, 9.17) is 4.74 Å². The molecule has 1 amide bonds. The van der Waals surface area contributed by atoms with Gasteiger partial charge in [-0.3, -0.25) is 4.79 Å². The minimum atomic E-state index is -0.193. The van der Waals surface area contributed by atoms with Crippen molar-refractivity contribution in [1.82, 2.24) is 5.32 Å². The lowest BCUT2D eigenvalue weighted by molar-refractivity contribution is 0.0874. The molecule has 0 saturated heterocycles. The van der Waals surface area contributed by atoms with Crippen molar-refractivity contribution in [2.45, 2.75) is 38.4 Å². The van der Waals surface area contributed by atoms with Gasteiger partial charge < -0.3 is 15.2 Å². The summed E-state index contributed by atoms with van der Waals surface area (Å²) in [5.74, 6) is 0.376. The van der Waals surface area contributed by atoms with Crippen LogP contribution < -0.4 is 5.32 Å². The lowest BCUT2D eigenvalue weighted by Gasteiger charge is -2.25. The number of aliphatic hydroxyl groups excluding tert-OH is 1. The van der Waals surface area contributed by atoms with Crippen LogP contribution in [0.15, 0.2) is 11.4 Å². The fraction of sp³-hybridized carbons (Fsp3) is 0.643. The molecule has 1 aromatic heterocycles. The molecular weight excluding hydrogens is 262 g/mol. The molecule has 0 bridgehead atoms. The maximum atomic E-state index is 12.1. The standard InChI is InChI=1S/C14H21NO3S/c1-18-9-11-5-6-19-13(11)14(17)15-8-10-3-2-4-12(16)7-10/h5-6,10,12,16H,2-4,7-9H2,1H3,(H,15,17). The van der Waals surface area contributed by atoms with Crippen LogP contribution in [0.25, 0.3) is 0 Å². The zero-order chi connectivity index (χ0) is 13.7. The molecule has 19 heavy (non-hydrogen) atoms. The lowest BCUT2D eigenvalue weighted by atomic mass is 9.87. The van der Waals surface area contributed by atoms with Crippen molar-refractivity contribution in [3.8, 4) is 0 Å². The van der Waals surface area contributed by atoms with E-state index in [-0.39, 0.29) is 12.0 Å². The van der Waals surface area contributed by atoms with Gasteiger partial charge >= 0.3 is 0 Å². The Balaban J connectivity index is 1.85. The van der Waals surface area contributed by atoms with Crippen molar-refractivity contribution >= 4 is 17.2 Å². The summed E-state index contributed by atoms with van der Waals surface area (Å²) in [6.45, 7) is 1.12. The molecule has 2 atom stereocenters. The number of thiophene rings is 1. The lowest BCUT2D eigenvalue weighted by Crippen LogP contribution is -2.33. The molecule has 5 heteroatoms. The topological polar surface area (TPSA) is 58.6 Å². The number of hydrogen-bond donors (Lipinski definition) is 2. The summed E-state index contributed by atoms with van der Waals surface area (Å²) >= 11 is 1.44. The molecule has 0 spiro atoms. The summed E-state index contributed by atoms with van der Waals surface area (Å²) in [5, 5.41) is 14.5. The summed E-state index contributed by atoms with van der Waals surface area (Å²) in [4.78, 5) is 12.8. The van der Waals surface area contributed by atoms with Crippen molar-refractivity contribution in [3.63, 3.8) is 0 Å². The highest BCUT2D eigenvalue weighted by molar-refractivity contribution is 7.12. The maximum Gasteiger partial charge on any atom is 0.261 e. The van der Waals surface area contributed by atoms with Gasteiger partial charge in [-0.1, -0.05) is 6.42 Å². The van der Waals surface area contributed by atoms with Gasteiger partial charge in [-0.2, -0.15) is 0 Å². The molecule has 0 aromatic carbocycles. The highest BCUT2D eigenvalue weighted by Crippen LogP contribution is 2.24. The Kier molecular flexibility index (Phi) is 5.36. The number of nitrogens with one attached hydrogen (secondary N) is 1. The van der Waals surface area contributed by atoms with Crippen molar-refractivity contribution in [2.24, 2.45) is 5.92 Å². The summed E-state index contributed by atoms with van der Waals surface area (Å²) in [6.07, 6.45) is 3.65. The molecule has 1 aromatic rings. The Morgan fingerprint density at radius 2 is 2.42 bits per heavy atom. The Labute approximate surface area is 117 Å². The molecule has 2 rings (SSSR count). The van der Waals surface area contributed by atoms with Gasteiger partial charge in [0.2, 0.25) is 0 Å². The molecule has 4 nitrogen and oxygen atoms in total. The van der Waals surface area contributed by atoms with E-state index in [1.54, 1.807) is 7.11 Å². The number of ether oxygens (including phenoxy) is 1. The molecular formula is C14H21NO3S. The number of carbonyl (C=O) groups is 1. The van der Waals surface area contributed by atoms with Gasteiger partial charge in [0.25, 0.3) is 5.91 Å². The number of amides is 1. The Morgan fingerprint density at radius 3 is 3.16 bits per heavy atom. The molecule has 0 aliphatic heterocycles. The van der Waals surface area contributed by atoms with Gasteiger partial charge in [-0.15, -0.1) is 11.3 Å². The van der Waals surface area contributed by atoms with Crippen LogP contribution in [0.2, 0.25) is 0 Å².